The molecule has 0 amide bonds. The van der Waals surface area contributed by atoms with Crippen molar-refractivity contribution >= 4 is 5.78 Å². The van der Waals surface area contributed by atoms with Crippen LogP contribution < -0.4 is 0 Å². The van der Waals surface area contributed by atoms with Crippen molar-refractivity contribution in [1.82, 2.24) is 0 Å². The number of carbonyl (C=O) groups is 1. The van der Waals surface area contributed by atoms with Crippen LogP contribution >= 0.6 is 0 Å². The molecule has 0 aromatic carbocycles. The summed E-state index contributed by atoms with van der Waals surface area (Å²) in [5.41, 5.74) is 2.13. The van der Waals surface area contributed by atoms with Crippen LogP contribution in [0.5, 0.6) is 0 Å². The predicted octanol–water partition coefficient (Wildman–Crippen LogP) is 3.82. The molecule has 0 radical (unpaired) electrons. The van der Waals surface area contributed by atoms with Crippen LogP contribution in [0.4, 0.5) is 0 Å². The Balaban J connectivity index is 3.17. The Hall–Kier alpha value is -1.11. The minimum absolute atomic E-state index is 0.0232. The van der Waals surface area contributed by atoms with Gasteiger partial charge in [-0.3, -0.25) is 4.79 Å². The molecule has 1 atom stereocenters. The molecule has 0 aliphatic heterocycles. The van der Waals surface area contributed by atoms with E-state index < -0.39 is 0 Å². The largest absolute Gasteiger partial charge is 0.290 e. The Kier molecular flexibility index (Phi) is 3.67. The van der Waals surface area contributed by atoms with E-state index in [1.807, 2.05) is 19.9 Å². The van der Waals surface area contributed by atoms with E-state index in [0.29, 0.717) is 0 Å². The minimum atomic E-state index is 0.0232. The van der Waals surface area contributed by atoms with E-state index in [2.05, 4.69) is 26.0 Å². The number of hydrogen-bond acceptors (Lipinski definition) is 1. The summed E-state index contributed by atoms with van der Waals surface area (Å²) >= 11 is 0. The lowest BCUT2D eigenvalue weighted by atomic mass is 9.70. The Labute approximate surface area is 92.6 Å². The average molecular weight is 204 g/mol. The van der Waals surface area contributed by atoms with Gasteiger partial charge in [-0.15, -0.1) is 0 Å². The summed E-state index contributed by atoms with van der Waals surface area (Å²) < 4.78 is 0. The first-order chi connectivity index (χ1) is 7.05. The van der Waals surface area contributed by atoms with Gasteiger partial charge in [0.2, 0.25) is 0 Å². The van der Waals surface area contributed by atoms with E-state index in [-0.39, 0.29) is 11.2 Å². The van der Waals surface area contributed by atoms with Crippen molar-refractivity contribution in [3.63, 3.8) is 0 Å². The van der Waals surface area contributed by atoms with Crippen LogP contribution in [0.2, 0.25) is 0 Å². The summed E-state index contributed by atoms with van der Waals surface area (Å²) in [5.74, 6) is 0.170. The van der Waals surface area contributed by atoms with Crippen molar-refractivity contribution in [2.45, 2.75) is 40.5 Å². The smallest absolute Gasteiger partial charge is 0.182 e. The number of rotatable bonds is 3. The molecule has 1 nitrogen and oxygen atoms in total. The quantitative estimate of drug-likeness (QED) is 0.639. The first-order valence-electron chi connectivity index (χ1n) is 5.60. The maximum absolute atomic E-state index is 12.0. The fourth-order valence-corrected chi connectivity index (χ4v) is 2.20. The third-order valence-corrected chi connectivity index (χ3v) is 3.28. The van der Waals surface area contributed by atoms with Crippen molar-refractivity contribution in [3.05, 3.63) is 35.5 Å². The van der Waals surface area contributed by atoms with Crippen LogP contribution in [0.3, 0.4) is 0 Å². The van der Waals surface area contributed by atoms with Crippen molar-refractivity contribution in [2.75, 3.05) is 0 Å². The Morgan fingerprint density at radius 2 is 2.27 bits per heavy atom. The molecule has 0 heterocycles. The molecule has 0 aromatic rings. The standard InChI is InChI=1S/C14H20O/c1-5-8-12(15)13-11(3)9-7-10-14(13,4)6-2/h5,7-9H,6,10H2,1-4H3/b8-5+. The highest BCUT2D eigenvalue weighted by Crippen LogP contribution is 2.40. The Morgan fingerprint density at radius 3 is 2.80 bits per heavy atom. The summed E-state index contributed by atoms with van der Waals surface area (Å²) in [6.07, 6.45) is 9.70. The molecule has 1 rings (SSSR count). The Morgan fingerprint density at radius 1 is 1.60 bits per heavy atom. The van der Waals surface area contributed by atoms with Gasteiger partial charge in [-0.1, -0.05) is 32.1 Å². The zero-order valence-corrected chi connectivity index (χ0v) is 10.1. The van der Waals surface area contributed by atoms with E-state index >= 15 is 0 Å². The maximum atomic E-state index is 12.0. The monoisotopic (exact) mass is 204 g/mol. The van der Waals surface area contributed by atoms with Gasteiger partial charge in [-0.2, -0.15) is 0 Å². The number of carbonyl (C=O) groups excluding carboxylic acids is 1. The van der Waals surface area contributed by atoms with Crippen LogP contribution in [0.25, 0.3) is 0 Å². The first-order valence-corrected chi connectivity index (χ1v) is 5.60. The average Bonchev–Trinajstić information content (AvgIpc) is 2.18. The zero-order valence-electron chi connectivity index (χ0n) is 10.1. The van der Waals surface area contributed by atoms with Crippen molar-refractivity contribution in [2.24, 2.45) is 5.41 Å². The van der Waals surface area contributed by atoms with Crippen molar-refractivity contribution in [1.29, 1.82) is 0 Å². The number of allylic oxidation sites excluding steroid dienone is 6. The van der Waals surface area contributed by atoms with Gasteiger partial charge in [0.1, 0.15) is 0 Å². The predicted molar refractivity (Wildman–Crippen MR) is 64.7 cm³/mol. The lowest BCUT2D eigenvalue weighted by Crippen LogP contribution is -2.25. The van der Waals surface area contributed by atoms with Crippen LogP contribution in [0.1, 0.15) is 40.5 Å². The molecule has 0 fully saturated rings. The van der Waals surface area contributed by atoms with Crippen LogP contribution in [-0.2, 0) is 4.79 Å². The lowest BCUT2D eigenvalue weighted by molar-refractivity contribution is -0.112. The van der Waals surface area contributed by atoms with Gasteiger partial charge in [0.15, 0.2) is 5.78 Å². The molecule has 0 saturated heterocycles. The van der Waals surface area contributed by atoms with E-state index in [9.17, 15) is 4.79 Å². The Bertz CT molecular complexity index is 344. The molecular formula is C14H20O. The fraction of sp³-hybridized carbons (Fsp3) is 0.500. The molecule has 0 N–H and O–H groups in total. The van der Waals surface area contributed by atoms with Crippen LogP contribution in [-0.4, -0.2) is 5.78 Å². The number of ketones is 1. The summed E-state index contributed by atoms with van der Waals surface area (Å²) in [7, 11) is 0. The van der Waals surface area contributed by atoms with Crippen LogP contribution in [0, 0.1) is 5.41 Å². The van der Waals surface area contributed by atoms with Gasteiger partial charge in [0, 0.05) is 5.57 Å². The van der Waals surface area contributed by atoms with Gasteiger partial charge in [-0.05, 0) is 43.8 Å². The molecular weight excluding hydrogens is 184 g/mol. The van der Waals surface area contributed by atoms with E-state index in [1.54, 1.807) is 6.08 Å². The van der Waals surface area contributed by atoms with E-state index in [1.165, 1.54) is 0 Å². The highest BCUT2D eigenvalue weighted by atomic mass is 16.1. The van der Waals surface area contributed by atoms with Gasteiger partial charge in [0.25, 0.3) is 0 Å². The van der Waals surface area contributed by atoms with E-state index in [0.717, 1.165) is 24.0 Å². The number of hydrogen-bond donors (Lipinski definition) is 0. The third kappa shape index (κ3) is 2.28. The highest BCUT2D eigenvalue weighted by Gasteiger charge is 2.32. The zero-order chi connectivity index (χ0) is 11.5. The van der Waals surface area contributed by atoms with Gasteiger partial charge in [-0.25, -0.2) is 0 Å². The van der Waals surface area contributed by atoms with Gasteiger partial charge < -0.3 is 0 Å². The second kappa shape index (κ2) is 4.61. The molecule has 0 spiro atoms. The molecule has 0 aromatic heterocycles. The van der Waals surface area contributed by atoms with Crippen molar-refractivity contribution in [3.8, 4) is 0 Å². The molecule has 0 saturated carbocycles. The molecule has 1 heteroatoms. The topological polar surface area (TPSA) is 17.1 Å². The third-order valence-electron chi connectivity index (χ3n) is 3.28. The fourth-order valence-electron chi connectivity index (χ4n) is 2.20. The van der Waals surface area contributed by atoms with E-state index in [4.69, 9.17) is 0 Å². The van der Waals surface area contributed by atoms with Crippen molar-refractivity contribution < 1.29 is 4.79 Å². The molecule has 82 valence electrons. The molecule has 1 unspecified atom stereocenters. The normalized spacial score (nSPS) is 26.4. The lowest BCUT2D eigenvalue weighted by Gasteiger charge is -2.32. The maximum Gasteiger partial charge on any atom is 0.182 e. The van der Waals surface area contributed by atoms with Crippen LogP contribution in [0.15, 0.2) is 35.5 Å². The van der Waals surface area contributed by atoms with Gasteiger partial charge >= 0.3 is 0 Å². The SMILES string of the molecule is C/C=C/C(=O)C1=C(C)C=CCC1(C)CC. The van der Waals surface area contributed by atoms with Gasteiger partial charge in [0.05, 0.1) is 0 Å². The molecule has 1 aliphatic carbocycles. The first kappa shape index (κ1) is 12.0. The summed E-state index contributed by atoms with van der Waals surface area (Å²) in [4.78, 5) is 12.0. The highest BCUT2D eigenvalue weighted by molar-refractivity contribution is 6.05. The summed E-state index contributed by atoms with van der Waals surface area (Å²) in [6.45, 7) is 8.24. The summed E-state index contributed by atoms with van der Waals surface area (Å²) in [6, 6.07) is 0. The second-order valence-corrected chi connectivity index (χ2v) is 4.44. The molecule has 0 bridgehead atoms. The molecule has 1 aliphatic rings. The molecule has 15 heavy (non-hydrogen) atoms. The second-order valence-electron chi connectivity index (χ2n) is 4.44. The minimum Gasteiger partial charge on any atom is -0.290 e. The summed E-state index contributed by atoms with van der Waals surface area (Å²) in [5, 5.41) is 0.